The molecular formula is C33H36N4O3. The Hall–Kier alpha value is -3.58. The van der Waals surface area contributed by atoms with Gasteiger partial charge in [-0.15, -0.1) is 0 Å². The van der Waals surface area contributed by atoms with Gasteiger partial charge in [-0.2, -0.15) is 0 Å². The molecule has 0 spiro atoms. The lowest BCUT2D eigenvalue weighted by Crippen LogP contribution is -2.58. The zero-order valence-corrected chi connectivity index (χ0v) is 23.0. The lowest BCUT2D eigenvalue weighted by molar-refractivity contribution is -0.142. The standard InChI is InChI=1S/C33H36N4O3/c1-18-25-15-35-16-28(25)37(18)32(39)33-14-26(33)24-13-21(40-2)9-11-22(24)30-29(19-6-4-3-5-7-19)23-10-8-20(31(34)38)12-27(23)36(30)17-33/h8-13,19,25-26,28,35H,1,3-7,14-17H2,2H3,(H2,34,38). The van der Waals surface area contributed by atoms with Crippen LogP contribution >= 0.6 is 0 Å². The largest absolute Gasteiger partial charge is 0.497 e. The lowest BCUT2D eigenvalue weighted by Gasteiger charge is -2.47. The molecule has 2 saturated carbocycles. The first kappa shape index (κ1) is 24.2. The normalized spacial score (nSPS) is 28.7. The first-order valence-electron chi connectivity index (χ1n) is 14.8. The summed E-state index contributed by atoms with van der Waals surface area (Å²) in [5, 5.41) is 4.63. The number of hydrogen-bond donors (Lipinski definition) is 2. The van der Waals surface area contributed by atoms with Crippen molar-refractivity contribution >= 4 is 22.7 Å². The third-order valence-corrected chi connectivity index (χ3v) is 10.7. The van der Waals surface area contributed by atoms with Crippen LogP contribution in [-0.2, 0) is 11.3 Å². The number of nitrogens with two attached hydrogens (primary N) is 1. The third kappa shape index (κ3) is 3.15. The average molecular weight is 537 g/mol. The minimum atomic E-state index is -0.554. The quantitative estimate of drug-likeness (QED) is 0.497. The van der Waals surface area contributed by atoms with Crippen LogP contribution in [0.4, 0.5) is 0 Å². The number of rotatable bonds is 4. The number of aromatic nitrogens is 1. The Balaban J connectivity index is 1.37. The SMILES string of the molecule is C=C1C2CNCC2N1C(=O)C12CC1c1cc(OC)ccc1-c1c(C3CCCCC3)c3ccc(C(N)=O)cc3n1C2. The molecule has 3 aromatic rings. The summed E-state index contributed by atoms with van der Waals surface area (Å²) in [6.07, 6.45) is 6.85. The fourth-order valence-electron chi connectivity index (χ4n) is 8.54. The number of fused-ring (bicyclic) bond motifs is 8. The zero-order valence-electron chi connectivity index (χ0n) is 23.0. The summed E-state index contributed by atoms with van der Waals surface area (Å²) in [6, 6.07) is 12.5. The molecule has 4 unspecified atom stereocenters. The molecule has 1 aromatic heterocycles. The third-order valence-electron chi connectivity index (χ3n) is 10.7. The molecule has 7 heteroatoms. The first-order valence-corrected chi connectivity index (χ1v) is 14.8. The van der Waals surface area contributed by atoms with E-state index in [2.05, 4.69) is 34.7 Å². The summed E-state index contributed by atoms with van der Waals surface area (Å²) >= 11 is 0. The molecular weight excluding hydrogens is 500 g/mol. The van der Waals surface area contributed by atoms with Crippen molar-refractivity contribution in [1.82, 2.24) is 14.8 Å². The highest BCUT2D eigenvalue weighted by molar-refractivity contribution is 6.01. The summed E-state index contributed by atoms with van der Waals surface area (Å²) < 4.78 is 8.06. The van der Waals surface area contributed by atoms with Gasteiger partial charge in [0.1, 0.15) is 5.75 Å². The van der Waals surface area contributed by atoms with Crippen molar-refractivity contribution in [1.29, 1.82) is 0 Å². The number of carbonyl (C=O) groups excluding carboxylic acids is 2. The van der Waals surface area contributed by atoms with Gasteiger partial charge in [0.15, 0.2) is 0 Å². The van der Waals surface area contributed by atoms with Crippen LogP contribution < -0.4 is 15.8 Å². The molecule has 5 aliphatic rings. The van der Waals surface area contributed by atoms with E-state index >= 15 is 0 Å². The first-order chi connectivity index (χ1) is 19.4. The molecule has 8 rings (SSSR count). The molecule has 2 aromatic carbocycles. The van der Waals surface area contributed by atoms with Crippen LogP contribution in [0.3, 0.4) is 0 Å². The molecule has 4 heterocycles. The second-order valence-electron chi connectivity index (χ2n) is 12.6. The van der Waals surface area contributed by atoms with Gasteiger partial charge in [0, 0.05) is 59.2 Å². The second-order valence-corrected chi connectivity index (χ2v) is 12.6. The molecule has 0 radical (unpaired) electrons. The highest BCUT2D eigenvalue weighted by Gasteiger charge is 2.66. The molecule has 2 aliphatic carbocycles. The summed E-state index contributed by atoms with van der Waals surface area (Å²) in [7, 11) is 1.71. The van der Waals surface area contributed by atoms with Crippen LogP contribution in [0.2, 0.25) is 0 Å². The monoisotopic (exact) mass is 536 g/mol. The molecule has 2 amide bonds. The topological polar surface area (TPSA) is 89.6 Å². The van der Waals surface area contributed by atoms with E-state index in [0.717, 1.165) is 49.3 Å². The minimum Gasteiger partial charge on any atom is -0.497 e. The lowest BCUT2D eigenvalue weighted by atomic mass is 9.81. The van der Waals surface area contributed by atoms with Gasteiger partial charge in [0.25, 0.3) is 0 Å². The van der Waals surface area contributed by atoms with E-state index in [4.69, 9.17) is 10.5 Å². The number of methoxy groups -OCH3 is 1. The van der Waals surface area contributed by atoms with Crippen LogP contribution in [-0.4, -0.2) is 47.5 Å². The van der Waals surface area contributed by atoms with Crippen LogP contribution in [0.15, 0.2) is 48.7 Å². The van der Waals surface area contributed by atoms with E-state index in [0.29, 0.717) is 23.9 Å². The molecule has 4 fully saturated rings. The predicted octanol–water partition coefficient (Wildman–Crippen LogP) is 4.89. The maximum absolute atomic E-state index is 14.6. The van der Waals surface area contributed by atoms with E-state index in [1.54, 1.807) is 7.11 Å². The van der Waals surface area contributed by atoms with Gasteiger partial charge in [-0.05, 0) is 66.6 Å². The number of likely N-dealkylation sites (tertiary alicyclic amines) is 1. The van der Waals surface area contributed by atoms with Crippen LogP contribution in [0.25, 0.3) is 22.2 Å². The molecule has 7 nitrogen and oxygen atoms in total. The number of primary amides is 1. The Kier molecular flexibility index (Phi) is 5.13. The number of nitrogens with zero attached hydrogens (tertiary/aromatic N) is 2. The maximum atomic E-state index is 14.6. The van der Waals surface area contributed by atoms with Gasteiger partial charge in [0.2, 0.25) is 11.8 Å². The molecule has 206 valence electrons. The fraction of sp³-hybridized carbons (Fsp3) is 0.455. The number of ether oxygens (including phenoxy) is 1. The van der Waals surface area contributed by atoms with Crippen molar-refractivity contribution in [2.45, 2.75) is 62.9 Å². The van der Waals surface area contributed by atoms with Gasteiger partial charge in [-0.25, -0.2) is 0 Å². The Morgan fingerprint density at radius 1 is 1.10 bits per heavy atom. The van der Waals surface area contributed by atoms with Crippen LogP contribution in [0, 0.1) is 11.3 Å². The highest BCUT2D eigenvalue weighted by atomic mass is 16.5. The summed E-state index contributed by atoms with van der Waals surface area (Å²) in [6.45, 7) is 6.63. The Morgan fingerprint density at radius 3 is 2.70 bits per heavy atom. The van der Waals surface area contributed by atoms with Gasteiger partial charge in [0.05, 0.1) is 24.3 Å². The van der Waals surface area contributed by atoms with Crippen molar-refractivity contribution in [2.24, 2.45) is 17.1 Å². The average Bonchev–Trinajstić information content (AvgIpc) is 3.45. The number of amides is 2. The number of benzene rings is 2. The van der Waals surface area contributed by atoms with Crippen molar-refractivity contribution in [3.63, 3.8) is 0 Å². The van der Waals surface area contributed by atoms with Gasteiger partial charge >= 0.3 is 0 Å². The van der Waals surface area contributed by atoms with Crippen molar-refractivity contribution in [2.75, 3.05) is 20.2 Å². The molecule has 0 bridgehead atoms. The summed E-state index contributed by atoms with van der Waals surface area (Å²) in [5.74, 6) is 1.50. The van der Waals surface area contributed by atoms with E-state index in [-0.39, 0.29) is 17.9 Å². The van der Waals surface area contributed by atoms with E-state index in [1.807, 2.05) is 23.1 Å². The van der Waals surface area contributed by atoms with Crippen molar-refractivity contribution < 1.29 is 14.3 Å². The van der Waals surface area contributed by atoms with E-state index < -0.39 is 11.3 Å². The van der Waals surface area contributed by atoms with E-state index in [1.165, 1.54) is 47.0 Å². The smallest absolute Gasteiger partial charge is 0.248 e. The highest BCUT2D eigenvalue weighted by Crippen LogP contribution is 2.67. The number of hydrogen-bond acceptors (Lipinski definition) is 4. The molecule has 3 N–H and O–H groups in total. The molecule has 3 aliphatic heterocycles. The number of carbonyl (C=O) groups is 2. The fourth-order valence-corrected chi connectivity index (χ4v) is 8.54. The number of nitrogens with one attached hydrogen (secondary N) is 1. The maximum Gasteiger partial charge on any atom is 0.248 e. The van der Waals surface area contributed by atoms with Crippen molar-refractivity contribution in [3.8, 4) is 17.0 Å². The summed E-state index contributed by atoms with van der Waals surface area (Å²) in [5.41, 5.74) is 12.7. The molecule has 2 saturated heterocycles. The molecule has 40 heavy (non-hydrogen) atoms. The van der Waals surface area contributed by atoms with Crippen LogP contribution in [0.1, 0.15) is 71.8 Å². The molecule has 4 atom stereocenters. The van der Waals surface area contributed by atoms with E-state index in [9.17, 15) is 9.59 Å². The second kappa shape index (κ2) is 8.46. The summed E-state index contributed by atoms with van der Waals surface area (Å²) in [4.78, 5) is 28.9. The van der Waals surface area contributed by atoms with Crippen LogP contribution in [0.5, 0.6) is 5.75 Å². The van der Waals surface area contributed by atoms with Gasteiger partial charge < -0.3 is 25.3 Å². The minimum absolute atomic E-state index is 0.111. The van der Waals surface area contributed by atoms with Crippen molar-refractivity contribution in [3.05, 3.63) is 65.4 Å². The Bertz CT molecular complexity index is 1620. The Morgan fingerprint density at radius 2 is 1.93 bits per heavy atom. The zero-order chi connectivity index (χ0) is 27.3. The van der Waals surface area contributed by atoms with Gasteiger partial charge in [-0.1, -0.05) is 31.9 Å². The van der Waals surface area contributed by atoms with Gasteiger partial charge in [-0.3, -0.25) is 9.59 Å². The Labute approximate surface area is 234 Å². The predicted molar refractivity (Wildman–Crippen MR) is 154 cm³/mol.